The van der Waals surface area contributed by atoms with Crippen molar-refractivity contribution in [2.24, 2.45) is 0 Å². The predicted molar refractivity (Wildman–Crippen MR) is 78.4 cm³/mol. The summed E-state index contributed by atoms with van der Waals surface area (Å²) in [6.45, 7) is 4.53. The van der Waals surface area contributed by atoms with E-state index in [2.05, 4.69) is 34.3 Å². The number of nitrogens with one attached hydrogen (secondary N) is 1. The minimum Gasteiger partial charge on any atom is -0.360 e. The minimum atomic E-state index is 0.701. The summed E-state index contributed by atoms with van der Waals surface area (Å²) in [7, 11) is 2.09. The molecule has 0 spiro atoms. The number of nitrogens with zero attached hydrogens (tertiary/aromatic N) is 3. The molecule has 1 saturated carbocycles. The molecule has 108 valence electrons. The SMILES string of the molecule is Cc1ncsc1CN(C)Cc1cc(CNC2CC2)no1. The lowest BCUT2D eigenvalue weighted by Crippen LogP contribution is -2.17. The molecule has 2 heterocycles. The summed E-state index contributed by atoms with van der Waals surface area (Å²) in [6.07, 6.45) is 2.59. The van der Waals surface area contributed by atoms with Crippen molar-refractivity contribution in [1.82, 2.24) is 20.4 Å². The summed E-state index contributed by atoms with van der Waals surface area (Å²) >= 11 is 1.70. The van der Waals surface area contributed by atoms with Gasteiger partial charge < -0.3 is 9.84 Å². The Morgan fingerprint density at radius 1 is 1.45 bits per heavy atom. The first-order valence-corrected chi connectivity index (χ1v) is 7.84. The zero-order valence-corrected chi connectivity index (χ0v) is 12.7. The molecular weight excluding hydrogens is 272 g/mol. The number of rotatable bonds is 7. The van der Waals surface area contributed by atoms with Crippen molar-refractivity contribution in [2.75, 3.05) is 7.05 Å². The van der Waals surface area contributed by atoms with E-state index in [1.165, 1.54) is 17.7 Å². The van der Waals surface area contributed by atoms with Gasteiger partial charge in [0.05, 0.1) is 23.4 Å². The molecule has 2 aromatic rings. The van der Waals surface area contributed by atoms with Crippen molar-refractivity contribution < 1.29 is 4.52 Å². The first kappa shape index (κ1) is 13.7. The molecule has 0 unspecified atom stereocenters. The van der Waals surface area contributed by atoms with Gasteiger partial charge in [-0.2, -0.15) is 0 Å². The van der Waals surface area contributed by atoms with Crippen LogP contribution in [0.1, 0.15) is 34.9 Å². The van der Waals surface area contributed by atoms with Crippen LogP contribution in [0.15, 0.2) is 16.1 Å². The fraction of sp³-hybridized carbons (Fsp3) is 0.571. The van der Waals surface area contributed by atoms with E-state index in [0.717, 1.165) is 36.8 Å². The maximum atomic E-state index is 5.39. The third-order valence-corrected chi connectivity index (χ3v) is 4.36. The Bertz CT molecular complexity index is 561. The molecule has 0 atom stereocenters. The van der Waals surface area contributed by atoms with Crippen LogP contribution in [0.25, 0.3) is 0 Å². The van der Waals surface area contributed by atoms with E-state index < -0.39 is 0 Å². The van der Waals surface area contributed by atoms with Crippen LogP contribution in [-0.2, 0) is 19.6 Å². The molecule has 0 radical (unpaired) electrons. The number of aryl methyl sites for hydroxylation is 1. The lowest BCUT2D eigenvalue weighted by Gasteiger charge is -2.13. The third-order valence-electron chi connectivity index (χ3n) is 3.44. The predicted octanol–water partition coefficient (Wildman–Crippen LogP) is 2.32. The fourth-order valence-electron chi connectivity index (χ4n) is 2.10. The summed E-state index contributed by atoms with van der Waals surface area (Å²) in [5.74, 6) is 0.919. The van der Waals surface area contributed by atoms with E-state index in [4.69, 9.17) is 4.52 Å². The Labute approximate surface area is 123 Å². The zero-order chi connectivity index (χ0) is 13.9. The van der Waals surface area contributed by atoms with Gasteiger partial charge in [0.2, 0.25) is 0 Å². The van der Waals surface area contributed by atoms with E-state index in [-0.39, 0.29) is 0 Å². The van der Waals surface area contributed by atoms with Gasteiger partial charge in [-0.25, -0.2) is 4.98 Å². The Balaban J connectivity index is 1.50. The average molecular weight is 292 g/mol. The monoisotopic (exact) mass is 292 g/mol. The van der Waals surface area contributed by atoms with Gasteiger partial charge >= 0.3 is 0 Å². The number of hydrogen-bond donors (Lipinski definition) is 1. The molecule has 0 saturated heterocycles. The molecule has 1 fully saturated rings. The molecule has 0 aliphatic heterocycles. The lowest BCUT2D eigenvalue weighted by atomic mass is 10.3. The number of aromatic nitrogens is 2. The molecule has 0 amide bonds. The van der Waals surface area contributed by atoms with Crippen molar-refractivity contribution in [3.05, 3.63) is 33.6 Å². The summed E-state index contributed by atoms with van der Waals surface area (Å²) in [4.78, 5) is 7.80. The highest BCUT2D eigenvalue weighted by molar-refractivity contribution is 7.09. The summed E-state index contributed by atoms with van der Waals surface area (Å²) in [5, 5.41) is 7.55. The molecule has 2 aromatic heterocycles. The van der Waals surface area contributed by atoms with Crippen LogP contribution in [-0.4, -0.2) is 28.1 Å². The van der Waals surface area contributed by atoms with Crippen molar-refractivity contribution in [3.63, 3.8) is 0 Å². The average Bonchev–Trinajstić information content (AvgIpc) is 3.02. The van der Waals surface area contributed by atoms with Gasteiger partial charge in [0.25, 0.3) is 0 Å². The standard InChI is InChI=1S/C14H20N4OS/c1-10-14(20-9-16-10)8-18(2)7-13-5-12(17-19-13)6-15-11-3-4-11/h5,9,11,15H,3-4,6-8H2,1-2H3. The second-order valence-electron chi connectivity index (χ2n) is 5.47. The van der Waals surface area contributed by atoms with Crippen LogP contribution in [0.3, 0.4) is 0 Å². The fourth-order valence-corrected chi connectivity index (χ4v) is 2.95. The maximum Gasteiger partial charge on any atom is 0.151 e. The second-order valence-corrected chi connectivity index (χ2v) is 6.41. The molecule has 5 nitrogen and oxygen atoms in total. The van der Waals surface area contributed by atoms with Gasteiger partial charge in [0, 0.05) is 30.1 Å². The molecular formula is C14H20N4OS. The molecule has 1 aliphatic rings. The number of thiazole rings is 1. The van der Waals surface area contributed by atoms with Crippen molar-refractivity contribution >= 4 is 11.3 Å². The van der Waals surface area contributed by atoms with Crippen molar-refractivity contribution in [3.8, 4) is 0 Å². The first-order valence-electron chi connectivity index (χ1n) is 6.96. The van der Waals surface area contributed by atoms with Gasteiger partial charge in [-0.3, -0.25) is 4.90 Å². The molecule has 0 aromatic carbocycles. The molecule has 20 heavy (non-hydrogen) atoms. The third kappa shape index (κ3) is 3.65. The Hall–Kier alpha value is -1.24. The number of hydrogen-bond acceptors (Lipinski definition) is 6. The highest BCUT2D eigenvalue weighted by Crippen LogP contribution is 2.19. The summed E-state index contributed by atoms with van der Waals surface area (Å²) in [5.41, 5.74) is 4.01. The smallest absolute Gasteiger partial charge is 0.151 e. The van der Waals surface area contributed by atoms with Crippen molar-refractivity contribution in [1.29, 1.82) is 0 Å². The van der Waals surface area contributed by atoms with E-state index in [0.29, 0.717) is 6.04 Å². The van der Waals surface area contributed by atoms with Crippen LogP contribution in [0.4, 0.5) is 0 Å². The lowest BCUT2D eigenvalue weighted by molar-refractivity contribution is 0.266. The largest absolute Gasteiger partial charge is 0.360 e. The molecule has 1 aliphatic carbocycles. The molecule has 1 N–H and O–H groups in total. The van der Waals surface area contributed by atoms with Crippen LogP contribution in [0.2, 0.25) is 0 Å². The normalized spacial score (nSPS) is 15.2. The summed E-state index contributed by atoms with van der Waals surface area (Å²) < 4.78 is 5.39. The van der Waals surface area contributed by atoms with E-state index in [1.807, 2.05) is 11.6 Å². The Morgan fingerprint density at radius 2 is 2.30 bits per heavy atom. The van der Waals surface area contributed by atoms with Gasteiger partial charge in [-0.05, 0) is 26.8 Å². The minimum absolute atomic E-state index is 0.701. The van der Waals surface area contributed by atoms with Gasteiger partial charge in [0.1, 0.15) is 0 Å². The van der Waals surface area contributed by atoms with Gasteiger partial charge in [-0.15, -0.1) is 11.3 Å². The first-order chi connectivity index (χ1) is 9.70. The Kier molecular flexibility index (Phi) is 4.14. The van der Waals surface area contributed by atoms with Crippen LogP contribution in [0, 0.1) is 6.92 Å². The van der Waals surface area contributed by atoms with Crippen LogP contribution < -0.4 is 5.32 Å². The van der Waals surface area contributed by atoms with Gasteiger partial charge in [0.15, 0.2) is 5.76 Å². The highest BCUT2D eigenvalue weighted by atomic mass is 32.1. The molecule has 6 heteroatoms. The van der Waals surface area contributed by atoms with Crippen LogP contribution >= 0.6 is 11.3 Å². The quantitative estimate of drug-likeness (QED) is 0.849. The van der Waals surface area contributed by atoms with E-state index in [9.17, 15) is 0 Å². The van der Waals surface area contributed by atoms with Crippen molar-refractivity contribution in [2.45, 2.75) is 45.4 Å². The molecule has 0 bridgehead atoms. The van der Waals surface area contributed by atoms with E-state index >= 15 is 0 Å². The topological polar surface area (TPSA) is 54.2 Å². The maximum absolute atomic E-state index is 5.39. The van der Waals surface area contributed by atoms with Crippen LogP contribution in [0.5, 0.6) is 0 Å². The van der Waals surface area contributed by atoms with E-state index in [1.54, 1.807) is 11.3 Å². The highest BCUT2D eigenvalue weighted by Gasteiger charge is 2.20. The van der Waals surface area contributed by atoms with Gasteiger partial charge in [-0.1, -0.05) is 5.16 Å². The Morgan fingerprint density at radius 3 is 3.00 bits per heavy atom. The zero-order valence-electron chi connectivity index (χ0n) is 11.9. The summed E-state index contributed by atoms with van der Waals surface area (Å²) in [6, 6.07) is 2.75. The second kappa shape index (κ2) is 6.03. The molecule has 3 rings (SSSR count).